The number of hydrogen-bond donors (Lipinski definition) is 0. The summed E-state index contributed by atoms with van der Waals surface area (Å²) in [5.74, 6) is 0.116. The molecule has 0 unspecified atom stereocenters. The second kappa shape index (κ2) is 8.83. The second-order valence-corrected chi connectivity index (χ2v) is 6.26. The topological polar surface area (TPSA) is 43.9 Å². The molecule has 0 N–H and O–H groups in total. The zero-order valence-corrected chi connectivity index (χ0v) is 15.1. The van der Waals surface area contributed by atoms with Gasteiger partial charge in [0.15, 0.2) is 0 Å². The van der Waals surface area contributed by atoms with Crippen LogP contribution in [-0.2, 0) is 16.0 Å². The lowest BCUT2D eigenvalue weighted by Gasteiger charge is -2.34. The molecule has 1 saturated heterocycles. The lowest BCUT2D eigenvalue weighted by molar-refractivity contribution is -0.132. The van der Waals surface area contributed by atoms with Crippen LogP contribution in [0.5, 0.6) is 0 Å². The standard InChI is InChI=1S/C19H29N3O2/c1-4-17-6-8-18(9-7-17)22(16(3)23)11-10-19(24)21-14-12-20(5-2)13-15-21/h6-9H,4-5,10-15H2,1-3H3. The molecule has 0 aliphatic carbocycles. The van der Waals surface area contributed by atoms with E-state index in [1.54, 1.807) is 11.8 Å². The Hall–Kier alpha value is -1.88. The molecule has 24 heavy (non-hydrogen) atoms. The monoisotopic (exact) mass is 331 g/mol. The number of nitrogens with zero attached hydrogens (tertiary/aromatic N) is 3. The molecule has 5 heteroatoms. The minimum absolute atomic E-state index is 0.0251. The SMILES string of the molecule is CCc1ccc(N(CCC(=O)N2CCN(CC)CC2)C(C)=O)cc1. The van der Waals surface area contributed by atoms with Crippen molar-refractivity contribution in [2.24, 2.45) is 0 Å². The van der Waals surface area contributed by atoms with Crippen LogP contribution in [0.25, 0.3) is 0 Å². The van der Waals surface area contributed by atoms with Crippen molar-refractivity contribution < 1.29 is 9.59 Å². The Labute approximate surface area is 145 Å². The molecule has 2 amide bonds. The molecule has 0 atom stereocenters. The summed E-state index contributed by atoms with van der Waals surface area (Å²) in [5.41, 5.74) is 2.11. The first-order chi connectivity index (χ1) is 11.5. The van der Waals surface area contributed by atoms with Crippen LogP contribution in [0.4, 0.5) is 5.69 Å². The molecule has 1 aromatic carbocycles. The van der Waals surface area contributed by atoms with Gasteiger partial charge in [-0.3, -0.25) is 9.59 Å². The highest BCUT2D eigenvalue weighted by molar-refractivity contribution is 5.92. The zero-order chi connectivity index (χ0) is 17.5. The first-order valence-electron chi connectivity index (χ1n) is 8.92. The zero-order valence-electron chi connectivity index (χ0n) is 15.1. The average molecular weight is 331 g/mol. The van der Waals surface area contributed by atoms with Crippen LogP contribution in [0.3, 0.4) is 0 Å². The van der Waals surface area contributed by atoms with Crippen LogP contribution >= 0.6 is 0 Å². The Morgan fingerprint density at radius 3 is 2.17 bits per heavy atom. The molecule has 132 valence electrons. The van der Waals surface area contributed by atoms with E-state index < -0.39 is 0 Å². The molecule has 1 aliphatic rings. The van der Waals surface area contributed by atoms with E-state index in [0.717, 1.165) is 44.8 Å². The van der Waals surface area contributed by atoms with Crippen molar-refractivity contribution in [3.63, 3.8) is 0 Å². The van der Waals surface area contributed by atoms with Crippen molar-refractivity contribution in [1.29, 1.82) is 0 Å². The number of piperazine rings is 1. The highest BCUT2D eigenvalue weighted by Crippen LogP contribution is 2.17. The Balaban J connectivity index is 1.91. The van der Waals surface area contributed by atoms with E-state index in [4.69, 9.17) is 0 Å². The van der Waals surface area contributed by atoms with Crippen LogP contribution in [-0.4, -0.2) is 60.9 Å². The third-order valence-corrected chi connectivity index (χ3v) is 4.76. The van der Waals surface area contributed by atoms with Gasteiger partial charge in [-0.15, -0.1) is 0 Å². The summed E-state index contributed by atoms with van der Waals surface area (Å²) < 4.78 is 0. The molecule has 0 saturated carbocycles. The van der Waals surface area contributed by atoms with Crippen LogP contribution < -0.4 is 4.90 Å². The lowest BCUT2D eigenvalue weighted by atomic mass is 10.1. The van der Waals surface area contributed by atoms with Gasteiger partial charge in [-0.2, -0.15) is 0 Å². The molecule has 5 nitrogen and oxygen atoms in total. The first-order valence-corrected chi connectivity index (χ1v) is 8.92. The second-order valence-electron chi connectivity index (χ2n) is 6.26. The third kappa shape index (κ3) is 4.81. The van der Waals surface area contributed by atoms with Gasteiger partial charge in [0.2, 0.25) is 11.8 Å². The molecule has 1 fully saturated rings. The molecule has 2 rings (SSSR count). The minimum Gasteiger partial charge on any atom is -0.340 e. The lowest BCUT2D eigenvalue weighted by Crippen LogP contribution is -2.49. The Kier molecular flexibility index (Phi) is 6.79. The van der Waals surface area contributed by atoms with E-state index in [2.05, 4.69) is 18.7 Å². The maximum atomic E-state index is 12.4. The molecule has 0 radical (unpaired) electrons. The van der Waals surface area contributed by atoms with Gasteiger partial charge in [0.05, 0.1) is 0 Å². The van der Waals surface area contributed by atoms with Crippen molar-refractivity contribution in [3.8, 4) is 0 Å². The summed E-state index contributed by atoms with van der Waals surface area (Å²) in [6.07, 6.45) is 1.35. The van der Waals surface area contributed by atoms with E-state index in [1.807, 2.05) is 29.2 Å². The highest BCUT2D eigenvalue weighted by Gasteiger charge is 2.21. The highest BCUT2D eigenvalue weighted by atomic mass is 16.2. The number of aryl methyl sites for hydroxylation is 1. The Morgan fingerprint density at radius 1 is 1.04 bits per heavy atom. The van der Waals surface area contributed by atoms with E-state index in [9.17, 15) is 9.59 Å². The molecule has 1 aliphatic heterocycles. The van der Waals surface area contributed by atoms with Gasteiger partial charge in [0.1, 0.15) is 0 Å². The van der Waals surface area contributed by atoms with Gasteiger partial charge in [-0.1, -0.05) is 26.0 Å². The van der Waals surface area contributed by atoms with Crippen LogP contribution in [0.15, 0.2) is 24.3 Å². The predicted octanol–water partition coefficient (Wildman–Crippen LogP) is 2.16. The fourth-order valence-electron chi connectivity index (χ4n) is 3.06. The molecule has 0 spiro atoms. The number of hydrogen-bond acceptors (Lipinski definition) is 3. The summed E-state index contributed by atoms with van der Waals surface area (Å²) in [6.45, 7) is 10.7. The summed E-state index contributed by atoms with van der Waals surface area (Å²) in [7, 11) is 0. The number of anilines is 1. The average Bonchev–Trinajstić information content (AvgIpc) is 2.62. The number of benzene rings is 1. The van der Waals surface area contributed by atoms with Crippen LogP contribution in [0.1, 0.15) is 32.8 Å². The summed E-state index contributed by atoms with van der Waals surface area (Å²) >= 11 is 0. The Bertz CT molecular complexity index is 548. The summed E-state index contributed by atoms with van der Waals surface area (Å²) in [6, 6.07) is 8.00. The fourth-order valence-corrected chi connectivity index (χ4v) is 3.06. The largest absolute Gasteiger partial charge is 0.340 e. The van der Waals surface area contributed by atoms with Gasteiger partial charge >= 0.3 is 0 Å². The number of rotatable bonds is 6. The van der Waals surface area contributed by atoms with Crippen LogP contribution in [0, 0.1) is 0 Å². The van der Waals surface area contributed by atoms with Crippen molar-refractivity contribution in [3.05, 3.63) is 29.8 Å². The number of amides is 2. The summed E-state index contributed by atoms with van der Waals surface area (Å²) in [5, 5.41) is 0. The van der Waals surface area contributed by atoms with Crippen molar-refractivity contribution in [2.45, 2.75) is 33.6 Å². The smallest absolute Gasteiger partial charge is 0.224 e. The molecule has 1 aromatic rings. The number of carbonyl (C=O) groups is 2. The molecular weight excluding hydrogens is 302 g/mol. The molecular formula is C19H29N3O2. The van der Waals surface area contributed by atoms with Crippen LogP contribution in [0.2, 0.25) is 0 Å². The molecule has 0 aromatic heterocycles. The van der Waals surface area contributed by atoms with Gasteiger partial charge < -0.3 is 14.7 Å². The van der Waals surface area contributed by atoms with Crippen molar-refractivity contribution in [2.75, 3.05) is 44.2 Å². The summed E-state index contributed by atoms with van der Waals surface area (Å²) in [4.78, 5) is 30.3. The van der Waals surface area contributed by atoms with Crippen molar-refractivity contribution >= 4 is 17.5 Å². The quantitative estimate of drug-likeness (QED) is 0.802. The fraction of sp³-hybridized carbons (Fsp3) is 0.579. The van der Waals surface area contributed by atoms with E-state index in [1.165, 1.54) is 5.56 Å². The maximum absolute atomic E-state index is 12.4. The Morgan fingerprint density at radius 2 is 1.67 bits per heavy atom. The third-order valence-electron chi connectivity index (χ3n) is 4.76. The van der Waals surface area contributed by atoms with E-state index in [0.29, 0.717) is 13.0 Å². The normalized spacial score (nSPS) is 15.4. The molecule has 1 heterocycles. The number of carbonyl (C=O) groups excluding carboxylic acids is 2. The number of likely N-dealkylation sites (N-methyl/N-ethyl adjacent to an activating group) is 1. The predicted molar refractivity (Wildman–Crippen MR) is 97.2 cm³/mol. The van der Waals surface area contributed by atoms with E-state index in [-0.39, 0.29) is 11.8 Å². The first kappa shape index (κ1) is 18.5. The maximum Gasteiger partial charge on any atom is 0.224 e. The van der Waals surface area contributed by atoms with Gasteiger partial charge in [-0.25, -0.2) is 0 Å². The van der Waals surface area contributed by atoms with Gasteiger partial charge in [0.25, 0.3) is 0 Å². The van der Waals surface area contributed by atoms with Gasteiger partial charge in [0, 0.05) is 51.8 Å². The van der Waals surface area contributed by atoms with E-state index >= 15 is 0 Å². The minimum atomic E-state index is -0.0251. The van der Waals surface area contributed by atoms with Crippen molar-refractivity contribution in [1.82, 2.24) is 9.80 Å². The van der Waals surface area contributed by atoms with Gasteiger partial charge in [-0.05, 0) is 30.7 Å². The molecule has 0 bridgehead atoms.